The standard InChI is InChI=1S/C23H35N5O3/c1-17-13-18(2)28(24-17)12-7-21(29)25-10-5-19(6-11-25)15-27-16-20(14-22(27)30)23(31)26-8-3-4-9-26/h13,19-20H,3-12,14-16H2,1-2H3. The summed E-state index contributed by atoms with van der Waals surface area (Å²) in [5.74, 6) is 0.697. The number of amides is 3. The summed E-state index contributed by atoms with van der Waals surface area (Å²) >= 11 is 0. The lowest BCUT2D eigenvalue weighted by Crippen LogP contribution is -2.42. The van der Waals surface area contributed by atoms with Crippen LogP contribution in [0, 0.1) is 25.7 Å². The van der Waals surface area contributed by atoms with E-state index in [1.165, 1.54) is 0 Å². The van der Waals surface area contributed by atoms with E-state index >= 15 is 0 Å². The van der Waals surface area contributed by atoms with Crippen molar-refractivity contribution in [1.82, 2.24) is 24.5 Å². The SMILES string of the molecule is Cc1cc(C)n(CCC(=O)N2CCC(CN3CC(C(=O)N4CCCC4)CC3=O)CC2)n1. The summed E-state index contributed by atoms with van der Waals surface area (Å²) in [6, 6.07) is 2.03. The number of hydrogen-bond donors (Lipinski definition) is 0. The number of aryl methyl sites for hydroxylation is 3. The van der Waals surface area contributed by atoms with Crippen LogP contribution in [-0.4, -0.2) is 81.5 Å². The summed E-state index contributed by atoms with van der Waals surface area (Å²) in [4.78, 5) is 43.5. The number of aromatic nitrogens is 2. The lowest BCUT2D eigenvalue weighted by molar-refractivity contribution is -0.134. The van der Waals surface area contributed by atoms with Crippen molar-refractivity contribution in [2.75, 3.05) is 39.3 Å². The van der Waals surface area contributed by atoms with E-state index in [2.05, 4.69) is 5.10 Å². The molecule has 0 saturated carbocycles. The van der Waals surface area contributed by atoms with E-state index in [-0.39, 0.29) is 23.6 Å². The zero-order valence-electron chi connectivity index (χ0n) is 18.9. The molecule has 3 saturated heterocycles. The number of likely N-dealkylation sites (tertiary alicyclic amines) is 3. The number of hydrogen-bond acceptors (Lipinski definition) is 4. The second-order valence-corrected chi connectivity index (χ2v) is 9.46. The molecule has 1 aromatic rings. The van der Waals surface area contributed by atoms with Crippen LogP contribution >= 0.6 is 0 Å². The highest BCUT2D eigenvalue weighted by molar-refractivity contribution is 5.89. The first kappa shape index (κ1) is 21.8. The maximum Gasteiger partial charge on any atom is 0.227 e. The monoisotopic (exact) mass is 429 g/mol. The van der Waals surface area contributed by atoms with Crippen LogP contribution in [0.2, 0.25) is 0 Å². The fraction of sp³-hybridized carbons (Fsp3) is 0.739. The van der Waals surface area contributed by atoms with Crippen LogP contribution in [0.25, 0.3) is 0 Å². The van der Waals surface area contributed by atoms with Gasteiger partial charge < -0.3 is 14.7 Å². The molecule has 8 heteroatoms. The maximum absolute atomic E-state index is 12.6. The minimum atomic E-state index is -0.165. The van der Waals surface area contributed by atoms with E-state index in [1.807, 2.05) is 39.3 Å². The second-order valence-electron chi connectivity index (χ2n) is 9.46. The number of nitrogens with zero attached hydrogens (tertiary/aromatic N) is 5. The molecule has 1 atom stereocenters. The van der Waals surface area contributed by atoms with Crippen molar-refractivity contribution in [3.63, 3.8) is 0 Å². The molecule has 3 aliphatic heterocycles. The Morgan fingerprint density at radius 3 is 2.42 bits per heavy atom. The van der Waals surface area contributed by atoms with Gasteiger partial charge in [-0.3, -0.25) is 19.1 Å². The van der Waals surface area contributed by atoms with Gasteiger partial charge in [-0.25, -0.2) is 0 Å². The Labute approximate surface area is 184 Å². The largest absolute Gasteiger partial charge is 0.343 e. The van der Waals surface area contributed by atoms with Crippen LogP contribution in [0.3, 0.4) is 0 Å². The van der Waals surface area contributed by atoms with E-state index in [1.54, 1.807) is 0 Å². The molecule has 1 unspecified atom stereocenters. The summed E-state index contributed by atoms with van der Waals surface area (Å²) < 4.78 is 1.90. The Morgan fingerprint density at radius 2 is 1.77 bits per heavy atom. The molecule has 8 nitrogen and oxygen atoms in total. The van der Waals surface area contributed by atoms with Gasteiger partial charge in [0.15, 0.2) is 0 Å². The van der Waals surface area contributed by atoms with E-state index in [9.17, 15) is 14.4 Å². The minimum absolute atomic E-state index is 0.112. The summed E-state index contributed by atoms with van der Waals surface area (Å²) in [6.45, 7) is 9.06. The molecule has 0 aromatic carbocycles. The van der Waals surface area contributed by atoms with Crippen molar-refractivity contribution in [2.24, 2.45) is 11.8 Å². The Kier molecular flexibility index (Phi) is 6.62. The fourth-order valence-corrected chi connectivity index (χ4v) is 5.25. The number of carbonyl (C=O) groups excluding carboxylic acids is 3. The Hall–Kier alpha value is -2.38. The Balaban J connectivity index is 1.20. The highest BCUT2D eigenvalue weighted by Crippen LogP contribution is 2.26. The van der Waals surface area contributed by atoms with Crippen molar-refractivity contribution in [2.45, 2.75) is 58.9 Å². The highest BCUT2D eigenvalue weighted by Gasteiger charge is 2.38. The third kappa shape index (κ3) is 5.10. The number of carbonyl (C=O) groups is 3. The third-order valence-electron chi connectivity index (χ3n) is 7.07. The Morgan fingerprint density at radius 1 is 1.06 bits per heavy atom. The van der Waals surface area contributed by atoms with E-state index < -0.39 is 0 Å². The average Bonchev–Trinajstić information content (AvgIpc) is 3.48. The van der Waals surface area contributed by atoms with Crippen LogP contribution in [-0.2, 0) is 20.9 Å². The number of rotatable bonds is 6. The molecule has 4 rings (SSSR count). The zero-order chi connectivity index (χ0) is 22.0. The lowest BCUT2D eigenvalue weighted by Gasteiger charge is -2.34. The van der Waals surface area contributed by atoms with Crippen LogP contribution in [0.1, 0.15) is 49.9 Å². The third-order valence-corrected chi connectivity index (χ3v) is 7.07. The minimum Gasteiger partial charge on any atom is -0.343 e. The normalized spacial score (nSPS) is 22.6. The van der Waals surface area contributed by atoms with Gasteiger partial charge in [0.25, 0.3) is 0 Å². The maximum atomic E-state index is 12.6. The second kappa shape index (κ2) is 9.40. The van der Waals surface area contributed by atoms with E-state index in [4.69, 9.17) is 0 Å². The highest BCUT2D eigenvalue weighted by atomic mass is 16.2. The van der Waals surface area contributed by atoms with Crippen molar-refractivity contribution >= 4 is 17.7 Å². The van der Waals surface area contributed by atoms with Crippen molar-refractivity contribution < 1.29 is 14.4 Å². The van der Waals surface area contributed by atoms with Gasteiger partial charge in [0.1, 0.15) is 0 Å². The molecule has 0 radical (unpaired) electrons. The molecular weight excluding hydrogens is 394 g/mol. The quantitative estimate of drug-likeness (QED) is 0.688. The molecule has 0 bridgehead atoms. The Bertz CT molecular complexity index is 821. The molecular formula is C23H35N5O3. The van der Waals surface area contributed by atoms with Gasteiger partial charge >= 0.3 is 0 Å². The van der Waals surface area contributed by atoms with E-state index in [0.717, 1.165) is 69.8 Å². The summed E-state index contributed by atoms with van der Waals surface area (Å²) in [6.07, 6.45) is 4.82. The van der Waals surface area contributed by atoms with Gasteiger partial charge in [0.05, 0.1) is 11.6 Å². The first-order valence-electron chi connectivity index (χ1n) is 11.8. The topological polar surface area (TPSA) is 78.8 Å². The number of piperidine rings is 1. The molecule has 31 heavy (non-hydrogen) atoms. The lowest BCUT2D eigenvalue weighted by atomic mass is 9.96. The van der Waals surface area contributed by atoms with Crippen molar-refractivity contribution in [3.8, 4) is 0 Å². The van der Waals surface area contributed by atoms with Crippen molar-refractivity contribution in [3.05, 3.63) is 17.5 Å². The van der Waals surface area contributed by atoms with Gasteiger partial charge in [-0.2, -0.15) is 5.10 Å². The summed E-state index contributed by atoms with van der Waals surface area (Å²) in [5, 5.41) is 4.43. The van der Waals surface area contributed by atoms with Crippen LogP contribution in [0.4, 0.5) is 0 Å². The molecule has 1 aromatic heterocycles. The summed E-state index contributed by atoms with van der Waals surface area (Å²) in [5.41, 5.74) is 2.06. The summed E-state index contributed by atoms with van der Waals surface area (Å²) in [7, 11) is 0. The average molecular weight is 430 g/mol. The fourth-order valence-electron chi connectivity index (χ4n) is 5.25. The van der Waals surface area contributed by atoms with Gasteiger partial charge in [0, 0.05) is 64.3 Å². The molecule has 4 heterocycles. The molecule has 3 amide bonds. The van der Waals surface area contributed by atoms with Gasteiger partial charge in [0.2, 0.25) is 17.7 Å². The molecule has 0 aliphatic carbocycles. The van der Waals surface area contributed by atoms with Gasteiger partial charge in [-0.05, 0) is 51.5 Å². The smallest absolute Gasteiger partial charge is 0.227 e. The van der Waals surface area contributed by atoms with E-state index in [0.29, 0.717) is 31.8 Å². The predicted octanol–water partition coefficient (Wildman–Crippen LogP) is 1.60. The van der Waals surface area contributed by atoms with Crippen LogP contribution < -0.4 is 0 Å². The van der Waals surface area contributed by atoms with Gasteiger partial charge in [-0.1, -0.05) is 0 Å². The first-order valence-corrected chi connectivity index (χ1v) is 11.8. The first-order chi connectivity index (χ1) is 14.9. The molecule has 0 spiro atoms. The van der Waals surface area contributed by atoms with Crippen LogP contribution in [0.15, 0.2) is 6.07 Å². The predicted molar refractivity (Wildman–Crippen MR) is 116 cm³/mol. The zero-order valence-corrected chi connectivity index (χ0v) is 18.9. The van der Waals surface area contributed by atoms with Gasteiger partial charge in [-0.15, -0.1) is 0 Å². The van der Waals surface area contributed by atoms with Crippen LogP contribution in [0.5, 0.6) is 0 Å². The molecule has 3 fully saturated rings. The molecule has 170 valence electrons. The molecule has 0 N–H and O–H groups in total. The van der Waals surface area contributed by atoms with Crippen molar-refractivity contribution in [1.29, 1.82) is 0 Å². The molecule has 3 aliphatic rings.